The van der Waals surface area contributed by atoms with Gasteiger partial charge in [-0.05, 0) is 36.6 Å². The Morgan fingerprint density at radius 2 is 2.00 bits per heavy atom. The van der Waals surface area contributed by atoms with Crippen molar-refractivity contribution in [3.63, 3.8) is 0 Å². The van der Waals surface area contributed by atoms with Gasteiger partial charge in [-0.1, -0.05) is 36.5 Å². The molecule has 0 fully saturated rings. The lowest BCUT2D eigenvalue weighted by Gasteiger charge is -2.14. The molecule has 7 heteroatoms. The molecule has 6 nitrogen and oxygen atoms in total. The number of thiazole rings is 1. The normalized spacial score (nSPS) is 15.9. The Labute approximate surface area is 160 Å². The smallest absolute Gasteiger partial charge is 0.262 e. The number of nitrogens with one attached hydrogen (secondary N) is 1. The van der Waals surface area contributed by atoms with Crippen LogP contribution in [0.5, 0.6) is 11.6 Å². The molecule has 2 heterocycles. The largest absolute Gasteiger partial charge is 0.438 e. The van der Waals surface area contributed by atoms with Gasteiger partial charge in [0, 0.05) is 12.6 Å². The van der Waals surface area contributed by atoms with Crippen LogP contribution in [0.3, 0.4) is 0 Å². The molecule has 4 rings (SSSR count). The van der Waals surface area contributed by atoms with E-state index >= 15 is 0 Å². The van der Waals surface area contributed by atoms with Crippen LogP contribution in [-0.2, 0) is 6.42 Å². The number of hydrogen-bond donors (Lipinski definition) is 1. The second-order valence-electron chi connectivity index (χ2n) is 6.46. The van der Waals surface area contributed by atoms with Crippen molar-refractivity contribution >= 4 is 28.2 Å². The van der Waals surface area contributed by atoms with Gasteiger partial charge in [0.15, 0.2) is 10.9 Å². The van der Waals surface area contributed by atoms with E-state index < -0.39 is 0 Å². The topological polar surface area (TPSA) is 81.2 Å². The molecule has 1 aliphatic carbocycles. The lowest BCUT2D eigenvalue weighted by atomic mass is 9.92. The van der Waals surface area contributed by atoms with Gasteiger partial charge in [-0.15, -0.1) is 0 Å². The van der Waals surface area contributed by atoms with E-state index in [9.17, 15) is 9.59 Å². The summed E-state index contributed by atoms with van der Waals surface area (Å²) in [7, 11) is 0. The van der Waals surface area contributed by atoms with Crippen LogP contribution in [0.2, 0.25) is 0 Å². The van der Waals surface area contributed by atoms with Crippen molar-refractivity contribution in [3.05, 3.63) is 64.8 Å². The van der Waals surface area contributed by atoms with Crippen molar-refractivity contribution in [1.29, 1.82) is 0 Å². The lowest BCUT2D eigenvalue weighted by molar-refractivity contribution is 0.0956. The summed E-state index contributed by atoms with van der Waals surface area (Å²) in [6.07, 6.45) is 2.85. The van der Waals surface area contributed by atoms with Crippen molar-refractivity contribution < 1.29 is 14.3 Å². The summed E-state index contributed by atoms with van der Waals surface area (Å²) in [6.45, 7) is 2.03. The standard InChI is InChI=1S/C20H17N3O3S/c1-12-10-15-17(16(24)11-12)27-20(22-15)23-18(25)14-8-5-9-21-19(14)26-13-6-3-2-4-7-13/h2-9,12H,10-11H2,1H3,(H,22,23,25)/t12-/m1/s1. The Bertz CT molecular complexity index is 1000. The maximum Gasteiger partial charge on any atom is 0.262 e. The maximum atomic E-state index is 12.7. The summed E-state index contributed by atoms with van der Waals surface area (Å²) in [5.41, 5.74) is 1.07. The third-order valence-corrected chi connectivity index (χ3v) is 5.27. The molecule has 0 radical (unpaired) electrons. The first-order chi connectivity index (χ1) is 13.1. The van der Waals surface area contributed by atoms with Crippen molar-refractivity contribution in [3.8, 4) is 11.6 Å². The van der Waals surface area contributed by atoms with Gasteiger partial charge in [0.25, 0.3) is 5.91 Å². The molecule has 0 spiro atoms. The molecule has 1 atom stereocenters. The number of anilines is 1. The first-order valence-corrected chi connectivity index (χ1v) is 9.44. The number of nitrogens with zero attached hydrogens (tertiary/aromatic N) is 2. The maximum absolute atomic E-state index is 12.7. The van der Waals surface area contributed by atoms with Gasteiger partial charge >= 0.3 is 0 Å². The van der Waals surface area contributed by atoms with Crippen LogP contribution in [0.15, 0.2) is 48.7 Å². The predicted molar refractivity (Wildman–Crippen MR) is 103 cm³/mol. The number of rotatable bonds is 4. The first kappa shape index (κ1) is 17.4. The van der Waals surface area contributed by atoms with Crippen LogP contribution in [0.4, 0.5) is 5.13 Å². The molecule has 1 N–H and O–H groups in total. The number of carbonyl (C=O) groups is 2. The van der Waals surface area contributed by atoms with E-state index in [-0.39, 0.29) is 23.5 Å². The number of hydrogen-bond acceptors (Lipinski definition) is 6. The zero-order chi connectivity index (χ0) is 18.8. The zero-order valence-electron chi connectivity index (χ0n) is 14.6. The third kappa shape index (κ3) is 3.73. The molecule has 0 aliphatic heterocycles. The third-order valence-electron chi connectivity index (χ3n) is 4.22. The van der Waals surface area contributed by atoms with E-state index in [4.69, 9.17) is 4.74 Å². The number of aromatic nitrogens is 2. The molecule has 1 aliphatic rings. The van der Waals surface area contributed by atoms with Crippen LogP contribution >= 0.6 is 11.3 Å². The van der Waals surface area contributed by atoms with Gasteiger partial charge in [0.1, 0.15) is 11.3 Å². The van der Waals surface area contributed by atoms with Crippen LogP contribution in [-0.4, -0.2) is 21.7 Å². The number of amides is 1. The highest BCUT2D eigenvalue weighted by molar-refractivity contribution is 7.17. The predicted octanol–water partition coefficient (Wildman–Crippen LogP) is 4.35. The molecule has 0 saturated carbocycles. The lowest BCUT2D eigenvalue weighted by Crippen LogP contribution is -2.16. The quantitative estimate of drug-likeness (QED) is 0.729. The van der Waals surface area contributed by atoms with Crippen molar-refractivity contribution in [2.24, 2.45) is 5.92 Å². The van der Waals surface area contributed by atoms with Gasteiger partial charge in [-0.3, -0.25) is 14.9 Å². The number of Topliss-reactive ketones (excluding diaryl/α,β-unsaturated/α-hetero) is 1. The number of fused-ring (bicyclic) bond motifs is 1. The molecule has 0 saturated heterocycles. The minimum atomic E-state index is -0.374. The van der Waals surface area contributed by atoms with Gasteiger partial charge < -0.3 is 4.74 Å². The molecule has 1 aromatic carbocycles. The van der Waals surface area contributed by atoms with E-state index in [1.54, 1.807) is 30.5 Å². The molecule has 2 aromatic heterocycles. The highest BCUT2D eigenvalue weighted by atomic mass is 32.1. The van der Waals surface area contributed by atoms with E-state index in [2.05, 4.69) is 15.3 Å². The number of para-hydroxylation sites is 1. The fourth-order valence-corrected chi connectivity index (χ4v) is 3.92. The molecular formula is C20H17N3O3S. The fourth-order valence-electron chi connectivity index (χ4n) is 2.98. The zero-order valence-corrected chi connectivity index (χ0v) is 15.5. The van der Waals surface area contributed by atoms with Gasteiger partial charge in [-0.25, -0.2) is 9.97 Å². The molecular weight excluding hydrogens is 362 g/mol. The van der Waals surface area contributed by atoms with Crippen molar-refractivity contribution in [2.45, 2.75) is 19.8 Å². The van der Waals surface area contributed by atoms with Crippen LogP contribution in [0.1, 0.15) is 39.1 Å². The summed E-state index contributed by atoms with van der Waals surface area (Å²) in [5.74, 6) is 0.804. The SMILES string of the molecule is C[C@H]1CC(=O)c2sc(NC(=O)c3cccnc3Oc3ccccc3)nc2C1. The Morgan fingerprint density at radius 1 is 1.19 bits per heavy atom. The number of carbonyl (C=O) groups excluding carboxylic acids is 2. The number of ether oxygens (including phenoxy) is 1. The number of ketones is 1. The van der Waals surface area contributed by atoms with Gasteiger partial charge in [-0.2, -0.15) is 0 Å². The van der Waals surface area contributed by atoms with Gasteiger partial charge in [0.05, 0.1) is 10.6 Å². The Balaban J connectivity index is 1.56. The van der Waals surface area contributed by atoms with Crippen LogP contribution < -0.4 is 10.1 Å². The highest BCUT2D eigenvalue weighted by Gasteiger charge is 2.27. The molecule has 1 amide bonds. The Kier molecular flexibility index (Phi) is 4.68. The molecule has 136 valence electrons. The van der Waals surface area contributed by atoms with Crippen molar-refractivity contribution in [1.82, 2.24) is 9.97 Å². The molecule has 3 aromatic rings. The van der Waals surface area contributed by atoms with E-state index in [0.717, 1.165) is 12.1 Å². The molecule has 0 bridgehead atoms. The average molecular weight is 379 g/mol. The number of benzene rings is 1. The Hall–Kier alpha value is -3.06. The monoisotopic (exact) mass is 379 g/mol. The fraction of sp³-hybridized carbons (Fsp3) is 0.200. The Morgan fingerprint density at radius 3 is 2.81 bits per heavy atom. The summed E-state index contributed by atoms with van der Waals surface area (Å²) >= 11 is 1.22. The second kappa shape index (κ2) is 7.28. The van der Waals surface area contributed by atoms with E-state index in [1.165, 1.54) is 11.3 Å². The summed E-state index contributed by atoms with van der Waals surface area (Å²) in [5, 5.41) is 3.19. The number of pyridine rings is 1. The van der Waals surface area contributed by atoms with Crippen molar-refractivity contribution in [2.75, 3.05) is 5.32 Å². The minimum Gasteiger partial charge on any atom is -0.438 e. The van der Waals surface area contributed by atoms with E-state index in [0.29, 0.717) is 27.7 Å². The first-order valence-electron chi connectivity index (χ1n) is 8.62. The molecule has 0 unspecified atom stereocenters. The summed E-state index contributed by atoms with van der Waals surface area (Å²) in [6, 6.07) is 12.5. The highest BCUT2D eigenvalue weighted by Crippen LogP contribution is 2.32. The van der Waals surface area contributed by atoms with E-state index in [1.807, 2.05) is 25.1 Å². The van der Waals surface area contributed by atoms with Crippen LogP contribution in [0.25, 0.3) is 0 Å². The summed E-state index contributed by atoms with van der Waals surface area (Å²) in [4.78, 5) is 34.1. The average Bonchev–Trinajstić information content (AvgIpc) is 3.05. The van der Waals surface area contributed by atoms with Crippen LogP contribution in [0, 0.1) is 5.92 Å². The minimum absolute atomic E-state index is 0.0937. The second-order valence-corrected chi connectivity index (χ2v) is 7.46. The van der Waals surface area contributed by atoms with Gasteiger partial charge in [0.2, 0.25) is 5.88 Å². The summed E-state index contributed by atoms with van der Waals surface area (Å²) < 4.78 is 5.74. The molecule has 27 heavy (non-hydrogen) atoms.